The number of benzene rings is 2. The minimum absolute atomic E-state index is 0.261. The molecule has 2 aromatic carbocycles. The first-order valence-electron chi connectivity index (χ1n) is 6.40. The molecule has 0 bridgehead atoms. The topological polar surface area (TPSA) is 26.0 Å². The van der Waals surface area contributed by atoms with Gasteiger partial charge in [-0.15, -0.1) is 0 Å². The van der Waals surface area contributed by atoms with Gasteiger partial charge in [-0.05, 0) is 29.0 Å². The van der Waals surface area contributed by atoms with E-state index < -0.39 is 0 Å². The van der Waals surface area contributed by atoms with Crippen LogP contribution < -0.4 is 5.73 Å². The molecule has 2 aromatic rings. The summed E-state index contributed by atoms with van der Waals surface area (Å²) in [5.74, 6) is 0. The molecule has 0 radical (unpaired) electrons. The summed E-state index contributed by atoms with van der Waals surface area (Å²) < 4.78 is 0. The summed E-state index contributed by atoms with van der Waals surface area (Å²) in [5, 5.41) is 0. The average molecular weight is 239 g/mol. The van der Waals surface area contributed by atoms with Crippen molar-refractivity contribution >= 4 is 5.69 Å². The normalized spacial score (nSPS) is 11.5. The van der Waals surface area contributed by atoms with Crippen LogP contribution in [0.1, 0.15) is 26.3 Å². The van der Waals surface area contributed by atoms with Crippen LogP contribution in [0.4, 0.5) is 5.69 Å². The number of hydrogen-bond acceptors (Lipinski definition) is 1. The van der Waals surface area contributed by atoms with Gasteiger partial charge in [-0.3, -0.25) is 0 Å². The zero-order chi connectivity index (χ0) is 13.2. The Labute approximate surface area is 110 Å². The monoisotopic (exact) mass is 239 g/mol. The molecule has 1 nitrogen and oxygen atoms in total. The summed E-state index contributed by atoms with van der Waals surface area (Å²) in [6.45, 7) is 6.76. The molecule has 2 rings (SSSR count). The number of nitrogen functional groups attached to an aromatic ring is 1. The van der Waals surface area contributed by atoms with Crippen LogP contribution in [-0.4, -0.2) is 0 Å². The highest BCUT2D eigenvalue weighted by atomic mass is 14.6. The molecule has 0 aliphatic rings. The van der Waals surface area contributed by atoms with Crippen LogP contribution in [-0.2, 0) is 6.42 Å². The second-order valence-electron chi connectivity index (χ2n) is 5.98. The molecule has 94 valence electrons. The van der Waals surface area contributed by atoms with Crippen molar-refractivity contribution < 1.29 is 0 Å². The Bertz CT molecular complexity index is 521. The average Bonchev–Trinajstić information content (AvgIpc) is 2.28. The Kier molecular flexibility index (Phi) is 3.42. The zero-order valence-corrected chi connectivity index (χ0v) is 11.4. The van der Waals surface area contributed by atoms with Crippen molar-refractivity contribution in [2.45, 2.75) is 27.2 Å². The van der Waals surface area contributed by atoms with Crippen molar-refractivity contribution in [3.63, 3.8) is 0 Å². The highest BCUT2D eigenvalue weighted by molar-refractivity contribution is 5.79. The van der Waals surface area contributed by atoms with E-state index in [2.05, 4.69) is 51.1 Å². The number of nitrogens with two attached hydrogens (primary N) is 1. The van der Waals surface area contributed by atoms with E-state index in [1.807, 2.05) is 18.2 Å². The van der Waals surface area contributed by atoms with Gasteiger partial charge in [-0.2, -0.15) is 0 Å². The first kappa shape index (κ1) is 12.7. The smallest absolute Gasteiger partial charge is 0.0396 e. The maximum atomic E-state index is 6.17. The molecule has 1 heteroatoms. The van der Waals surface area contributed by atoms with E-state index >= 15 is 0 Å². The first-order valence-corrected chi connectivity index (χ1v) is 6.40. The Morgan fingerprint density at radius 2 is 1.56 bits per heavy atom. The molecule has 0 aromatic heterocycles. The van der Waals surface area contributed by atoms with Gasteiger partial charge < -0.3 is 5.73 Å². The molecule has 0 heterocycles. The summed E-state index contributed by atoms with van der Waals surface area (Å²) in [5.41, 5.74) is 11.0. The molecule has 0 aliphatic carbocycles. The predicted molar refractivity (Wildman–Crippen MR) is 79.4 cm³/mol. The van der Waals surface area contributed by atoms with Gasteiger partial charge in [0.15, 0.2) is 0 Å². The molecular formula is C17H21N. The van der Waals surface area contributed by atoms with Crippen molar-refractivity contribution in [2.24, 2.45) is 5.41 Å². The van der Waals surface area contributed by atoms with Crippen LogP contribution in [0.3, 0.4) is 0 Å². The standard InChI is InChI=1S/C17H21N/c1-17(2,3)12-14-10-7-11-15(18)16(14)13-8-5-4-6-9-13/h4-11H,12,18H2,1-3H3. The van der Waals surface area contributed by atoms with E-state index in [0.29, 0.717) is 0 Å². The highest BCUT2D eigenvalue weighted by Crippen LogP contribution is 2.33. The summed E-state index contributed by atoms with van der Waals surface area (Å²) in [7, 11) is 0. The van der Waals surface area contributed by atoms with Crippen molar-refractivity contribution in [3.8, 4) is 11.1 Å². The van der Waals surface area contributed by atoms with Crippen molar-refractivity contribution in [1.82, 2.24) is 0 Å². The molecule has 0 saturated carbocycles. The summed E-state index contributed by atoms with van der Waals surface area (Å²) in [6.07, 6.45) is 1.03. The van der Waals surface area contributed by atoms with E-state index in [9.17, 15) is 0 Å². The van der Waals surface area contributed by atoms with Crippen LogP contribution in [0.25, 0.3) is 11.1 Å². The minimum atomic E-state index is 0.261. The molecule has 18 heavy (non-hydrogen) atoms. The summed E-state index contributed by atoms with van der Waals surface area (Å²) in [4.78, 5) is 0. The highest BCUT2D eigenvalue weighted by Gasteiger charge is 2.16. The first-order chi connectivity index (χ1) is 8.47. The molecule has 2 N–H and O–H groups in total. The molecule has 0 atom stereocenters. The van der Waals surface area contributed by atoms with Crippen molar-refractivity contribution in [3.05, 3.63) is 54.1 Å². The third kappa shape index (κ3) is 2.92. The second-order valence-corrected chi connectivity index (χ2v) is 5.98. The maximum Gasteiger partial charge on any atom is 0.0396 e. The van der Waals surface area contributed by atoms with E-state index in [-0.39, 0.29) is 5.41 Å². The van der Waals surface area contributed by atoms with Crippen LogP contribution >= 0.6 is 0 Å². The van der Waals surface area contributed by atoms with Gasteiger partial charge in [0.05, 0.1) is 0 Å². The van der Waals surface area contributed by atoms with Gasteiger partial charge in [0, 0.05) is 11.3 Å². The predicted octanol–water partition coefficient (Wildman–Crippen LogP) is 4.52. The Hall–Kier alpha value is -1.76. The van der Waals surface area contributed by atoms with Gasteiger partial charge in [0.2, 0.25) is 0 Å². The van der Waals surface area contributed by atoms with Gasteiger partial charge in [0.25, 0.3) is 0 Å². The third-order valence-corrected chi connectivity index (χ3v) is 2.97. The second kappa shape index (κ2) is 4.85. The Balaban J connectivity index is 2.52. The van der Waals surface area contributed by atoms with E-state index in [4.69, 9.17) is 5.73 Å². The zero-order valence-electron chi connectivity index (χ0n) is 11.4. The molecule has 0 unspecified atom stereocenters. The lowest BCUT2D eigenvalue weighted by Crippen LogP contribution is -2.10. The molecule has 0 spiro atoms. The number of hydrogen-bond donors (Lipinski definition) is 1. The lowest BCUT2D eigenvalue weighted by Gasteiger charge is -2.21. The molecule has 0 amide bonds. The summed E-state index contributed by atoms with van der Waals surface area (Å²) in [6, 6.07) is 16.6. The Morgan fingerprint density at radius 3 is 2.17 bits per heavy atom. The van der Waals surface area contributed by atoms with Crippen LogP contribution in [0.2, 0.25) is 0 Å². The van der Waals surface area contributed by atoms with Crippen molar-refractivity contribution in [2.75, 3.05) is 5.73 Å². The summed E-state index contributed by atoms with van der Waals surface area (Å²) >= 11 is 0. The fourth-order valence-corrected chi connectivity index (χ4v) is 2.30. The molecular weight excluding hydrogens is 218 g/mol. The van der Waals surface area contributed by atoms with Crippen LogP contribution in [0.15, 0.2) is 48.5 Å². The molecule has 0 fully saturated rings. The van der Waals surface area contributed by atoms with Crippen LogP contribution in [0.5, 0.6) is 0 Å². The van der Waals surface area contributed by atoms with E-state index in [1.54, 1.807) is 0 Å². The van der Waals surface area contributed by atoms with Crippen LogP contribution in [0, 0.1) is 5.41 Å². The van der Waals surface area contributed by atoms with Gasteiger partial charge in [-0.1, -0.05) is 63.2 Å². The van der Waals surface area contributed by atoms with Crippen molar-refractivity contribution in [1.29, 1.82) is 0 Å². The fourth-order valence-electron chi connectivity index (χ4n) is 2.30. The van der Waals surface area contributed by atoms with E-state index in [1.165, 1.54) is 16.7 Å². The van der Waals surface area contributed by atoms with Gasteiger partial charge >= 0.3 is 0 Å². The number of anilines is 1. The minimum Gasteiger partial charge on any atom is -0.398 e. The quantitative estimate of drug-likeness (QED) is 0.766. The molecule has 0 aliphatic heterocycles. The van der Waals surface area contributed by atoms with Gasteiger partial charge in [-0.25, -0.2) is 0 Å². The lowest BCUT2D eigenvalue weighted by molar-refractivity contribution is 0.412. The third-order valence-electron chi connectivity index (χ3n) is 2.97. The SMILES string of the molecule is CC(C)(C)Cc1cccc(N)c1-c1ccccc1. The Morgan fingerprint density at radius 1 is 0.889 bits per heavy atom. The largest absolute Gasteiger partial charge is 0.398 e. The number of rotatable bonds is 2. The lowest BCUT2D eigenvalue weighted by atomic mass is 9.84. The maximum absolute atomic E-state index is 6.17. The fraction of sp³-hybridized carbons (Fsp3) is 0.294. The van der Waals surface area contributed by atoms with E-state index in [0.717, 1.165) is 12.1 Å². The molecule has 0 saturated heterocycles. The van der Waals surface area contributed by atoms with Gasteiger partial charge in [0.1, 0.15) is 0 Å².